The Morgan fingerprint density at radius 2 is 1.73 bits per heavy atom. The number of pyridine rings is 1. The van der Waals surface area contributed by atoms with Crippen LogP contribution >= 0.6 is 0 Å². The van der Waals surface area contributed by atoms with Crippen molar-refractivity contribution in [2.24, 2.45) is 0 Å². The minimum atomic E-state index is 0.165. The van der Waals surface area contributed by atoms with E-state index in [4.69, 9.17) is 14.5 Å². The van der Waals surface area contributed by atoms with E-state index in [2.05, 4.69) is 58.8 Å². The number of aryl methyl sites for hydroxylation is 1. The first-order chi connectivity index (χ1) is 16.1. The lowest BCUT2D eigenvalue weighted by Gasteiger charge is -2.36. The van der Waals surface area contributed by atoms with Gasteiger partial charge >= 0.3 is 0 Å². The summed E-state index contributed by atoms with van der Waals surface area (Å²) in [4.78, 5) is 7.21. The lowest BCUT2D eigenvalue weighted by molar-refractivity contribution is 0.356. The van der Waals surface area contributed by atoms with Crippen molar-refractivity contribution in [1.82, 2.24) is 10.3 Å². The number of nitrogens with one attached hydrogen (secondary N) is 1. The number of ether oxygens (including phenoxy) is 2. The number of fused-ring (bicyclic) bond motifs is 2. The van der Waals surface area contributed by atoms with Gasteiger partial charge in [-0.1, -0.05) is 42.5 Å². The molecule has 1 atom stereocenters. The summed E-state index contributed by atoms with van der Waals surface area (Å²) < 4.78 is 11.1. The standard InChI is InChI=1S/C27H26N4O2/c1-17-23(15-28)21-13-25(32-2)26(33-3)14-22(21)27(30-17)31-12-11-29-24(16-31)20-10-6-8-18-7-4-5-9-19(18)20/h4-10,13-14,24,29H,11-12,16H2,1-3H3. The molecule has 33 heavy (non-hydrogen) atoms. The average Bonchev–Trinajstić information content (AvgIpc) is 2.87. The van der Waals surface area contributed by atoms with Crippen molar-refractivity contribution >= 4 is 27.4 Å². The molecule has 1 aromatic heterocycles. The number of nitrogens with zero attached hydrogens (tertiary/aromatic N) is 3. The van der Waals surface area contributed by atoms with Crippen molar-refractivity contribution in [3.05, 3.63) is 71.4 Å². The predicted molar refractivity (Wildman–Crippen MR) is 131 cm³/mol. The van der Waals surface area contributed by atoms with Crippen LogP contribution in [0.2, 0.25) is 0 Å². The topological polar surface area (TPSA) is 70.4 Å². The molecule has 1 N–H and O–H groups in total. The van der Waals surface area contributed by atoms with Gasteiger partial charge < -0.3 is 19.7 Å². The van der Waals surface area contributed by atoms with Crippen molar-refractivity contribution in [2.75, 3.05) is 38.8 Å². The summed E-state index contributed by atoms with van der Waals surface area (Å²) in [7, 11) is 3.23. The monoisotopic (exact) mass is 438 g/mol. The van der Waals surface area contributed by atoms with E-state index in [0.717, 1.165) is 36.2 Å². The van der Waals surface area contributed by atoms with Crippen LogP contribution in [0.3, 0.4) is 0 Å². The van der Waals surface area contributed by atoms with Gasteiger partial charge in [0.05, 0.1) is 31.5 Å². The van der Waals surface area contributed by atoms with Gasteiger partial charge in [0.2, 0.25) is 0 Å². The van der Waals surface area contributed by atoms with Crippen molar-refractivity contribution in [1.29, 1.82) is 5.26 Å². The molecule has 1 saturated heterocycles. The van der Waals surface area contributed by atoms with Crippen molar-refractivity contribution in [2.45, 2.75) is 13.0 Å². The second-order valence-electron chi connectivity index (χ2n) is 8.28. The first kappa shape index (κ1) is 21.0. The molecule has 1 aliphatic heterocycles. The third-order valence-electron chi connectivity index (χ3n) is 6.45. The molecule has 5 rings (SSSR count). The predicted octanol–water partition coefficient (Wildman–Crippen LogP) is 4.74. The van der Waals surface area contributed by atoms with Crippen LogP contribution in [0.4, 0.5) is 5.82 Å². The van der Waals surface area contributed by atoms with E-state index in [9.17, 15) is 5.26 Å². The molecule has 4 aromatic rings. The van der Waals surface area contributed by atoms with Gasteiger partial charge in [-0.05, 0) is 35.4 Å². The Morgan fingerprint density at radius 1 is 1.00 bits per heavy atom. The fraction of sp³-hybridized carbons (Fsp3) is 0.259. The molecule has 6 heteroatoms. The summed E-state index contributed by atoms with van der Waals surface area (Å²) >= 11 is 0. The van der Waals surface area contributed by atoms with Crippen LogP contribution in [0.1, 0.15) is 22.9 Å². The Balaban J connectivity index is 1.62. The molecule has 0 spiro atoms. The number of nitriles is 1. The van der Waals surface area contributed by atoms with E-state index in [1.54, 1.807) is 14.2 Å². The number of aromatic nitrogens is 1. The highest BCUT2D eigenvalue weighted by atomic mass is 16.5. The summed E-state index contributed by atoms with van der Waals surface area (Å²) in [5.74, 6) is 2.10. The van der Waals surface area contributed by atoms with Gasteiger partial charge in [0, 0.05) is 30.4 Å². The summed E-state index contributed by atoms with van der Waals surface area (Å²) in [6.45, 7) is 4.32. The Labute approximate surface area is 193 Å². The zero-order valence-corrected chi connectivity index (χ0v) is 19.1. The van der Waals surface area contributed by atoms with Crippen molar-refractivity contribution in [3.63, 3.8) is 0 Å². The Morgan fingerprint density at radius 3 is 2.48 bits per heavy atom. The summed E-state index contributed by atoms with van der Waals surface area (Å²) in [5.41, 5.74) is 2.56. The average molecular weight is 439 g/mol. The fourth-order valence-corrected chi connectivity index (χ4v) is 4.83. The molecule has 0 aliphatic carbocycles. The fourth-order valence-electron chi connectivity index (χ4n) is 4.83. The van der Waals surface area contributed by atoms with Gasteiger partial charge in [0.1, 0.15) is 11.9 Å². The number of benzene rings is 3. The molecule has 6 nitrogen and oxygen atoms in total. The van der Waals surface area contributed by atoms with E-state index in [1.807, 2.05) is 19.1 Å². The smallest absolute Gasteiger partial charge is 0.161 e. The molecule has 0 saturated carbocycles. The highest BCUT2D eigenvalue weighted by molar-refractivity contribution is 5.99. The van der Waals surface area contributed by atoms with Crippen LogP contribution in [0.5, 0.6) is 11.5 Å². The maximum atomic E-state index is 9.81. The molecule has 166 valence electrons. The number of anilines is 1. The number of hydrogen-bond acceptors (Lipinski definition) is 6. The minimum absolute atomic E-state index is 0.165. The minimum Gasteiger partial charge on any atom is -0.493 e. The second kappa shape index (κ2) is 8.61. The number of methoxy groups -OCH3 is 2. The third-order valence-corrected chi connectivity index (χ3v) is 6.45. The molecule has 1 aliphatic rings. The Kier molecular flexibility index (Phi) is 5.49. The van der Waals surface area contributed by atoms with Crippen molar-refractivity contribution < 1.29 is 9.47 Å². The van der Waals surface area contributed by atoms with Gasteiger partial charge in [-0.15, -0.1) is 0 Å². The molecule has 3 aromatic carbocycles. The zero-order valence-electron chi connectivity index (χ0n) is 19.1. The maximum absolute atomic E-state index is 9.81. The van der Waals surface area contributed by atoms with E-state index in [0.29, 0.717) is 22.8 Å². The molecule has 2 heterocycles. The number of piperazine rings is 1. The van der Waals surface area contributed by atoms with Gasteiger partial charge in [0.15, 0.2) is 11.5 Å². The Bertz CT molecular complexity index is 1390. The normalized spacial score (nSPS) is 16.1. The van der Waals surface area contributed by atoms with E-state index >= 15 is 0 Å². The van der Waals surface area contributed by atoms with Crippen LogP contribution in [-0.4, -0.2) is 38.8 Å². The SMILES string of the molecule is COc1cc2c(N3CCNC(c4cccc5ccccc45)C3)nc(C)c(C#N)c2cc1OC. The van der Waals surface area contributed by atoms with Gasteiger partial charge in [-0.2, -0.15) is 5.26 Å². The molecular weight excluding hydrogens is 412 g/mol. The lowest BCUT2D eigenvalue weighted by Crippen LogP contribution is -2.46. The first-order valence-corrected chi connectivity index (χ1v) is 11.1. The zero-order chi connectivity index (χ0) is 22.9. The lowest BCUT2D eigenvalue weighted by atomic mass is 9.97. The first-order valence-electron chi connectivity index (χ1n) is 11.1. The van der Waals surface area contributed by atoms with Gasteiger partial charge in [-0.25, -0.2) is 4.98 Å². The number of rotatable bonds is 4. The molecule has 1 unspecified atom stereocenters. The Hall–Kier alpha value is -3.82. The molecule has 1 fully saturated rings. The highest BCUT2D eigenvalue weighted by Gasteiger charge is 2.26. The van der Waals surface area contributed by atoms with E-state index in [1.165, 1.54) is 16.3 Å². The van der Waals surface area contributed by atoms with Crippen LogP contribution in [0, 0.1) is 18.3 Å². The third kappa shape index (κ3) is 3.61. The van der Waals surface area contributed by atoms with Gasteiger partial charge in [0.25, 0.3) is 0 Å². The molecule has 0 radical (unpaired) electrons. The second-order valence-corrected chi connectivity index (χ2v) is 8.28. The maximum Gasteiger partial charge on any atom is 0.161 e. The quantitative estimate of drug-likeness (QED) is 0.496. The molecule has 0 amide bonds. The molecular formula is C27H26N4O2. The van der Waals surface area contributed by atoms with Crippen LogP contribution < -0.4 is 19.7 Å². The summed E-state index contributed by atoms with van der Waals surface area (Å²) in [5, 5.41) is 17.7. The van der Waals surface area contributed by atoms with Crippen LogP contribution in [0.25, 0.3) is 21.5 Å². The molecule has 0 bridgehead atoms. The highest BCUT2D eigenvalue weighted by Crippen LogP contribution is 2.39. The van der Waals surface area contributed by atoms with E-state index in [-0.39, 0.29) is 6.04 Å². The summed E-state index contributed by atoms with van der Waals surface area (Å²) in [6.07, 6.45) is 0. The largest absolute Gasteiger partial charge is 0.493 e. The van der Waals surface area contributed by atoms with Gasteiger partial charge in [-0.3, -0.25) is 0 Å². The van der Waals surface area contributed by atoms with E-state index < -0.39 is 0 Å². The van der Waals surface area contributed by atoms with Crippen LogP contribution in [0.15, 0.2) is 54.6 Å². The van der Waals surface area contributed by atoms with Crippen molar-refractivity contribution in [3.8, 4) is 17.6 Å². The van der Waals surface area contributed by atoms with Crippen LogP contribution in [-0.2, 0) is 0 Å². The number of hydrogen-bond donors (Lipinski definition) is 1. The summed E-state index contributed by atoms with van der Waals surface area (Å²) in [6, 6.07) is 21.3.